The maximum Gasteiger partial charge on any atom is 0.308 e. The normalized spacial score (nSPS) is 22.0. The summed E-state index contributed by atoms with van der Waals surface area (Å²) in [7, 11) is 3.01. The zero-order valence-electron chi connectivity index (χ0n) is 22.2. The highest BCUT2D eigenvalue weighted by Gasteiger charge is 2.57. The van der Waals surface area contributed by atoms with Crippen LogP contribution < -0.4 is 19.2 Å². The molecule has 2 fully saturated rings. The van der Waals surface area contributed by atoms with Gasteiger partial charge in [-0.25, -0.2) is 9.29 Å². The first-order valence-electron chi connectivity index (χ1n) is 12.9. The number of anilines is 1. The summed E-state index contributed by atoms with van der Waals surface area (Å²) >= 11 is 2.10. The molecule has 3 amide bonds. The molecule has 0 N–H and O–H groups in total. The predicted octanol–water partition coefficient (Wildman–Crippen LogP) is 2.72. The van der Waals surface area contributed by atoms with Gasteiger partial charge in [-0.1, -0.05) is 29.2 Å². The fourth-order valence-corrected chi connectivity index (χ4v) is 8.33. The van der Waals surface area contributed by atoms with Crippen LogP contribution in [0.25, 0.3) is 0 Å². The van der Waals surface area contributed by atoms with Crippen molar-refractivity contribution in [3.8, 4) is 11.5 Å². The Balaban J connectivity index is 1.46. The number of rotatable bonds is 6. The SMILES string of the molecule is COc1ccc([C@H]2c3sc(=O)n(CC(=O)N4CCOCC4)c3SC3C(=O)N(c4ccc(F)cc4)C(=O)C32)cc1OC. The number of hydrogen-bond acceptors (Lipinski definition) is 9. The highest BCUT2D eigenvalue weighted by Crippen LogP contribution is 2.54. The minimum atomic E-state index is -0.864. The smallest absolute Gasteiger partial charge is 0.308 e. The van der Waals surface area contributed by atoms with E-state index in [0.29, 0.717) is 53.3 Å². The zero-order valence-corrected chi connectivity index (χ0v) is 23.8. The Labute approximate surface area is 242 Å². The van der Waals surface area contributed by atoms with Crippen LogP contribution in [0.1, 0.15) is 16.4 Å². The van der Waals surface area contributed by atoms with Gasteiger partial charge in [0.05, 0.1) is 44.1 Å². The topological polar surface area (TPSA) is 107 Å². The number of amides is 3. The lowest BCUT2D eigenvalue weighted by Gasteiger charge is -2.31. The van der Waals surface area contributed by atoms with Crippen molar-refractivity contribution in [2.24, 2.45) is 5.92 Å². The van der Waals surface area contributed by atoms with E-state index >= 15 is 0 Å². The molecule has 214 valence electrons. The van der Waals surface area contributed by atoms with Crippen molar-refractivity contribution < 1.29 is 33.0 Å². The summed E-state index contributed by atoms with van der Waals surface area (Å²) in [6.07, 6.45) is 0. The largest absolute Gasteiger partial charge is 0.493 e. The maximum atomic E-state index is 14.0. The third kappa shape index (κ3) is 4.71. The predicted molar refractivity (Wildman–Crippen MR) is 149 cm³/mol. The summed E-state index contributed by atoms with van der Waals surface area (Å²) < 4.78 is 31.3. The summed E-state index contributed by atoms with van der Waals surface area (Å²) in [6.45, 7) is 1.55. The van der Waals surface area contributed by atoms with Crippen molar-refractivity contribution in [1.29, 1.82) is 0 Å². The Bertz CT molecular complexity index is 1580. The van der Waals surface area contributed by atoms with Crippen molar-refractivity contribution in [3.63, 3.8) is 0 Å². The van der Waals surface area contributed by atoms with Gasteiger partial charge < -0.3 is 19.1 Å². The summed E-state index contributed by atoms with van der Waals surface area (Å²) in [5, 5.41) is -0.373. The molecule has 0 aliphatic carbocycles. The lowest BCUT2D eigenvalue weighted by Crippen LogP contribution is -2.43. The monoisotopic (exact) mass is 599 g/mol. The van der Waals surface area contributed by atoms with Gasteiger partial charge in [0, 0.05) is 23.9 Å². The Morgan fingerprint density at radius 2 is 1.71 bits per heavy atom. The zero-order chi connectivity index (χ0) is 28.8. The lowest BCUT2D eigenvalue weighted by atomic mass is 9.83. The number of thiazole rings is 1. The van der Waals surface area contributed by atoms with E-state index in [9.17, 15) is 23.6 Å². The van der Waals surface area contributed by atoms with Crippen molar-refractivity contribution in [2.75, 3.05) is 45.4 Å². The number of hydrogen-bond donors (Lipinski definition) is 0. The van der Waals surface area contributed by atoms with Crippen molar-refractivity contribution >= 4 is 46.5 Å². The maximum absolute atomic E-state index is 14.0. The standard InChI is InChI=1S/C28H26FN3O7S2/c1-37-18-8-3-15(13-19(18)38-2)21-22-23(26(35)32(25(22)34)17-6-4-16(29)5-7-17)40-27-24(21)41-28(36)31(27)14-20(33)30-9-11-39-12-10-30/h3-8,13,21-23H,9-12,14H2,1-2H3/t21-,22?,23?/m1/s1. The number of nitrogens with zero attached hydrogens (tertiary/aromatic N) is 3. The molecule has 2 unspecified atom stereocenters. The third-order valence-corrected chi connectivity index (χ3v) is 10.2. The van der Waals surface area contributed by atoms with E-state index in [1.54, 1.807) is 23.1 Å². The number of ether oxygens (including phenoxy) is 3. The highest BCUT2D eigenvalue weighted by atomic mass is 32.2. The molecule has 2 aromatic carbocycles. The van der Waals surface area contributed by atoms with Crippen molar-refractivity contribution in [1.82, 2.24) is 9.47 Å². The minimum Gasteiger partial charge on any atom is -0.493 e. The number of carbonyl (C=O) groups is 3. The molecule has 2 saturated heterocycles. The van der Waals surface area contributed by atoms with Gasteiger partial charge in [-0.3, -0.25) is 23.7 Å². The number of halogens is 1. The molecule has 0 bridgehead atoms. The van der Waals surface area contributed by atoms with E-state index in [1.807, 2.05) is 0 Å². The van der Waals surface area contributed by atoms with E-state index in [4.69, 9.17) is 14.2 Å². The molecule has 0 radical (unpaired) electrons. The number of morpholine rings is 1. The average molecular weight is 600 g/mol. The summed E-state index contributed by atoms with van der Waals surface area (Å²) in [5.74, 6) is -2.20. The molecule has 41 heavy (non-hydrogen) atoms. The number of imide groups is 1. The fourth-order valence-electron chi connectivity index (χ4n) is 5.55. The third-order valence-electron chi connectivity index (χ3n) is 7.56. The summed E-state index contributed by atoms with van der Waals surface area (Å²) in [6, 6.07) is 10.4. The Morgan fingerprint density at radius 3 is 2.39 bits per heavy atom. The molecule has 13 heteroatoms. The molecule has 3 aliphatic rings. The van der Waals surface area contributed by atoms with Gasteiger partial charge in [0.25, 0.3) is 0 Å². The first kappa shape index (κ1) is 27.5. The fraction of sp³-hybridized carbons (Fsp3) is 0.357. The second-order valence-corrected chi connectivity index (χ2v) is 11.9. The molecule has 10 nitrogen and oxygen atoms in total. The van der Waals surface area contributed by atoms with Gasteiger partial charge in [-0.2, -0.15) is 0 Å². The Morgan fingerprint density at radius 1 is 1.00 bits per heavy atom. The van der Waals surface area contributed by atoms with Gasteiger partial charge in [0.2, 0.25) is 17.7 Å². The van der Waals surface area contributed by atoms with Crippen LogP contribution in [0.3, 0.4) is 0 Å². The average Bonchev–Trinajstić information content (AvgIpc) is 3.43. The lowest BCUT2D eigenvalue weighted by molar-refractivity contribution is -0.136. The number of aromatic nitrogens is 1. The highest BCUT2D eigenvalue weighted by molar-refractivity contribution is 8.00. The summed E-state index contributed by atoms with van der Waals surface area (Å²) in [4.78, 5) is 57.3. The van der Waals surface area contributed by atoms with Crippen LogP contribution in [0.15, 0.2) is 52.3 Å². The number of fused-ring (bicyclic) bond motifs is 2. The van der Waals surface area contributed by atoms with Crippen LogP contribution in [-0.2, 0) is 25.7 Å². The van der Waals surface area contributed by atoms with Crippen LogP contribution in [0, 0.1) is 11.7 Å². The molecule has 4 heterocycles. The first-order valence-corrected chi connectivity index (χ1v) is 14.6. The molecule has 3 atom stereocenters. The van der Waals surface area contributed by atoms with E-state index in [1.165, 1.54) is 43.1 Å². The molecule has 3 aliphatic heterocycles. The van der Waals surface area contributed by atoms with Gasteiger partial charge in [0.1, 0.15) is 17.6 Å². The number of carbonyl (C=O) groups excluding carboxylic acids is 3. The van der Waals surface area contributed by atoms with Gasteiger partial charge in [-0.15, -0.1) is 0 Å². The van der Waals surface area contributed by atoms with Crippen LogP contribution in [0.4, 0.5) is 10.1 Å². The van der Waals surface area contributed by atoms with Crippen molar-refractivity contribution in [2.45, 2.75) is 22.7 Å². The van der Waals surface area contributed by atoms with Crippen LogP contribution in [0.2, 0.25) is 0 Å². The van der Waals surface area contributed by atoms with Crippen LogP contribution >= 0.6 is 23.1 Å². The molecule has 0 saturated carbocycles. The van der Waals surface area contributed by atoms with Gasteiger partial charge in [0.15, 0.2) is 11.5 Å². The molecule has 3 aromatic rings. The molecular weight excluding hydrogens is 573 g/mol. The molecular formula is C28H26FN3O7S2. The summed E-state index contributed by atoms with van der Waals surface area (Å²) in [5.41, 5.74) is 0.930. The van der Waals surface area contributed by atoms with Crippen LogP contribution in [-0.4, -0.2) is 73.0 Å². The quantitative estimate of drug-likeness (QED) is 0.399. The number of thioether (sulfide) groups is 1. The first-order chi connectivity index (χ1) is 19.8. The minimum absolute atomic E-state index is 0.183. The van der Waals surface area contributed by atoms with Gasteiger partial charge >= 0.3 is 4.87 Å². The Hall–Kier alpha value is -3.68. The van der Waals surface area contributed by atoms with Gasteiger partial charge in [-0.05, 0) is 42.0 Å². The van der Waals surface area contributed by atoms with E-state index in [-0.39, 0.29) is 23.0 Å². The van der Waals surface area contributed by atoms with E-state index in [2.05, 4.69) is 0 Å². The van der Waals surface area contributed by atoms with E-state index < -0.39 is 34.7 Å². The molecule has 1 aromatic heterocycles. The molecule has 6 rings (SSSR count). The van der Waals surface area contributed by atoms with Crippen LogP contribution in [0.5, 0.6) is 11.5 Å². The second kappa shape index (κ2) is 11.0. The number of benzene rings is 2. The van der Waals surface area contributed by atoms with Crippen molar-refractivity contribution in [3.05, 3.63) is 68.4 Å². The second-order valence-electron chi connectivity index (χ2n) is 9.76. The molecule has 0 spiro atoms. The number of methoxy groups -OCH3 is 2. The van der Waals surface area contributed by atoms with E-state index in [0.717, 1.165) is 28.0 Å². The Kier molecular flexibility index (Phi) is 7.34.